The van der Waals surface area contributed by atoms with E-state index < -0.39 is 5.56 Å². The number of pyridine rings is 1. The summed E-state index contributed by atoms with van der Waals surface area (Å²) in [6, 6.07) is 5.59. The third kappa shape index (κ3) is 2.68. The van der Waals surface area contributed by atoms with Crippen LogP contribution in [0.1, 0.15) is 24.3 Å². The highest BCUT2D eigenvalue weighted by Crippen LogP contribution is 2.41. The first-order valence-electron chi connectivity index (χ1n) is 7.10. The number of fused-ring (bicyclic) bond motifs is 1. The Morgan fingerprint density at radius 1 is 1.50 bits per heavy atom. The van der Waals surface area contributed by atoms with Gasteiger partial charge in [-0.15, -0.1) is 22.7 Å². The molecule has 0 saturated heterocycles. The Labute approximate surface area is 145 Å². The van der Waals surface area contributed by atoms with E-state index in [4.69, 9.17) is 10.1 Å². The quantitative estimate of drug-likeness (QED) is 0.548. The van der Waals surface area contributed by atoms with Gasteiger partial charge in [0.2, 0.25) is 0 Å². The van der Waals surface area contributed by atoms with E-state index in [2.05, 4.69) is 10.1 Å². The van der Waals surface area contributed by atoms with Crippen molar-refractivity contribution in [3.63, 3.8) is 0 Å². The molecular weight excluding hydrogens is 346 g/mol. The van der Waals surface area contributed by atoms with Gasteiger partial charge < -0.3 is 14.9 Å². The number of aromatic nitrogens is 1. The van der Waals surface area contributed by atoms with Crippen LogP contribution in [-0.2, 0) is 4.84 Å². The fourth-order valence-electron chi connectivity index (χ4n) is 2.25. The lowest BCUT2D eigenvalue weighted by Gasteiger charge is -2.01. The average Bonchev–Trinajstić information content (AvgIpc) is 3.19. The highest BCUT2D eigenvalue weighted by atomic mass is 32.1. The first kappa shape index (κ1) is 16.2. The highest BCUT2D eigenvalue weighted by Gasteiger charge is 2.18. The Hall–Kier alpha value is -2.63. The molecule has 0 fully saturated rings. The standard InChI is InChI=1S/C16H13N3O3S2/c1-3-22-19-8(2)11-4-5-12(24-11)10-7-23-16-13(10)14(20)9(6-17)15(21)18-16/h4-5,7H,3H2,1-2H3,(H2,18,20,21)/b19-8+. The maximum Gasteiger partial charge on any atom is 0.270 e. The minimum atomic E-state index is -0.581. The van der Waals surface area contributed by atoms with Gasteiger partial charge in [-0.2, -0.15) is 5.26 Å². The number of oxime groups is 1. The van der Waals surface area contributed by atoms with E-state index in [0.717, 1.165) is 21.0 Å². The second-order valence-electron chi connectivity index (χ2n) is 4.90. The SMILES string of the molecule is CCO/N=C(\C)c1ccc(-c2csc3[nH]c(=O)c(C#N)c(O)c23)s1. The number of thiophene rings is 2. The summed E-state index contributed by atoms with van der Waals surface area (Å²) in [5.41, 5.74) is 0.694. The number of H-pyrrole nitrogens is 1. The molecule has 3 heterocycles. The smallest absolute Gasteiger partial charge is 0.270 e. The fourth-order valence-corrected chi connectivity index (χ4v) is 4.25. The summed E-state index contributed by atoms with van der Waals surface area (Å²) in [6.07, 6.45) is 0. The van der Waals surface area contributed by atoms with Gasteiger partial charge in [-0.1, -0.05) is 5.16 Å². The molecule has 0 saturated carbocycles. The third-order valence-corrected chi connectivity index (χ3v) is 5.51. The summed E-state index contributed by atoms with van der Waals surface area (Å²) >= 11 is 2.81. The summed E-state index contributed by atoms with van der Waals surface area (Å²) in [6.45, 7) is 4.23. The largest absolute Gasteiger partial charge is 0.506 e. The van der Waals surface area contributed by atoms with Gasteiger partial charge in [-0.3, -0.25) is 4.79 Å². The number of nitrogens with one attached hydrogen (secondary N) is 1. The van der Waals surface area contributed by atoms with Crippen molar-refractivity contribution in [1.82, 2.24) is 4.98 Å². The van der Waals surface area contributed by atoms with E-state index in [0.29, 0.717) is 16.8 Å². The molecule has 0 aliphatic carbocycles. The maximum atomic E-state index is 11.8. The molecule has 0 unspecified atom stereocenters. The lowest BCUT2D eigenvalue weighted by atomic mass is 10.1. The van der Waals surface area contributed by atoms with E-state index in [1.807, 2.05) is 31.4 Å². The van der Waals surface area contributed by atoms with Crippen LogP contribution >= 0.6 is 22.7 Å². The number of rotatable bonds is 4. The highest BCUT2D eigenvalue weighted by molar-refractivity contribution is 7.20. The third-order valence-electron chi connectivity index (χ3n) is 3.39. The van der Waals surface area contributed by atoms with Gasteiger partial charge in [0.15, 0.2) is 5.56 Å². The van der Waals surface area contributed by atoms with Crippen LogP contribution < -0.4 is 5.56 Å². The second-order valence-corrected chi connectivity index (χ2v) is 6.86. The number of nitriles is 1. The molecule has 8 heteroatoms. The zero-order chi connectivity index (χ0) is 17.3. The van der Waals surface area contributed by atoms with Gasteiger partial charge in [-0.25, -0.2) is 0 Å². The zero-order valence-electron chi connectivity index (χ0n) is 12.9. The lowest BCUT2D eigenvalue weighted by molar-refractivity contribution is 0.159. The van der Waals surface area contributed by atoms with Crippen LogP contribution in [-0.4, -0.2) is 22.4 Å². The number of nitrogens with zero attached hydrogens (tertiary/aromatic N) is 2. The number of aromatic hydroxyl groups is 1. The summed E-state index contributed by atoms with van der Waals surface area (Å²) in [5.74, 6) is -0.276. The molecule has 3 aromatic rings. The monoisotopic (exact) mass is 359 g/mol. The lowest BCUT2D eigenvalue weighted by Crippen LogP contribution is -2.09. The Bertz CT molecular complexity index is 1040. The van der Waals surface area contributed by atoms with Crippen LogP contribution in [0.25, 0.3) is 20.7 Å². The Balaban J connectivity index is 2.13. The molecule has 0 bridgehead atoms. The molecule has 0 aromatic carbocycles. The van der Waals surface area contributed by atoms with Crippen molar-refractivity contribution < 1.29 is 9.94 Å². The topological polar surface area (TPSA) is 98.5 Å². The van der Waals surface area contributed by atoms with Crippen LogP contribution in [0.3, 0.4) is 0 Å². The van der Waals surface area contributed by atoms with E-state index in [-0.39, 0.29) is 11.3 Å². The van der Waals surface area contributed by atoms with Crippen molar-refractivity contribution in [3.05, 3.63) is 38.3 Å². The van der Waals surface area contributed by atoms with Gasteiger partial charge in [-0.05, 0) is 26.0 Å². The van der Waals surface area contributed by atoms with Crippen molar-refractivity contribution in [2.24, 2.45) is 5.16 Å². The van der Waals surface area contributed by atoms with E-state index in [1.165, 1.54) is 22.7 Å². The molecule has 24 heavy (non-hydrogen) atoms. The molecule has 122 valence electrons. The van der Waals surface area contributed by atoms with Crippen molar-refractivity contribution >= 4 is 38.6 Å². The average molecular weight is 359 g/mol. The molecule has 3 rings (SSSR count). The van der Waals surface area contributed by atoms with Gasteiger partial charge in [0, 0.05) is 15.8 Å². The molecular formula is C16H13N3O3S2. The van der Waals surface area contributed by atoms with Crippen molar-refractivity contribution in [3.8, 4) is 22.3 Å². The Morgan fingerprint density at radius 2 is 2.29 bits per heavy atom. The molecule has 0 spiro atoms. The van der Waals surface area contributed by atoms with E-state index >= 15 is 0 Å². The summed E-state index contributed by atoms with van der Waals surface area (Å²) in [5, 5.41) is 25.7. The molecule has 0 amide bonds. The molecule has 0 aliphatic heterocycles. The molecule has 0 atom stereocenters. The summed E-state index contributed by atoms with van der Waals surface area (Å²) in [7, 11) is 0. The number of hydrogen-bond acceptors (Lipinski definition) is 7. The predicted octanol–water partition coefficient (Wildman–Crippen LogP) is 3.66. The van der Waals surface area contributed by atoms with Crippen LogP contribution in [0.2, 0.25) is 0 Å². The van der Waals surface area contributed by atoms with Crippen LogP contribution in [0, 0.1) is 11.3 Å². The number of hydrogen-bond donors (Lipinski definition) is 2. The number of aromatic amines is 1. The Kier molecular flexibility index (Phi) is 4.38. The van der Waals surface area contributed by atoms with Gasteiger partial charge in [0.25, 0.3) is 5.56 Å². The van der Waals surface area contributed by atoms with Gasteiger partial charge in [0.1, 0.15) is 23.3 Å². The molecule has 0 radical (unpaired) electrons. The first-order chi connectivity index (χ1) is 11.6. The molecule has 0 aliphatic rings. The Morgan fingerprint density at radius 3 is 3.00 bits per heavy atom. The molecule has 2 N–H and O–H groups in total. The minimum Gasteiger partial charge on any atom is -0.506 e. The zero-order valence-corrected chi connectivity index (χ0v) is 14.5. The molecule has 3 aromatic heterocycles. The minimum absolute atomic E-state index is 0.270. The van der Waals surface area contributed by atoms with Crippen LogP contribution in [0.4, 0.5) is 0 Å². The van der Waals surface area contributed by atoms with E-state index in [1.54, 1.807) is 6.07 Å². The van der Waals surface area contributed by atoms with Crippen LogP contribution in [0.5, 0.6) is 5.75 Å². The van der Waals surface area contributed by atoms with E-state index in [9.17, 15) is 9.90 Å². The fraction of sp³-hybridized carbons (Fsp3) is 0.188. The second kappa shape index (κ2) is 6.47. The summed E-state index contributed by atoms with van der Waals surface area (Å²) in [4.78, 5) is 21.9. The molecule has 6 nitrogen and oxygen atoms in total. The summed E-state index contributed by atoms with van der Waals surface area (Å²) < 4.78 is 0. The van der Waals surface area contributed by atoms with Crippen molar-refractivity contribution in [2.45, 2.75) is 13.8 Å². The predicted molar refractivity (Wildman–Crippen MR) is 96.0 cm³/mol. The first-order valence-corrected chi connectivity index (χ1v) is 8.80. The van der Waals surface area contributed by atoms with Gasteiger partial charge >= 0.3 is 0 Å². The van der Waals surface area contributed by atoms with Gasteiger partial charge in [0.05, 0.1) is 16.0 Å². The van der Waals surface area contributed by atoms with Crippen molar-refractivity contribution in [2.75, 3.05) is 6.61 Å². The maximum absolute atomic E-state index is 11.8. The van der Waals surface area contributed by atoms with Crippen molar-refractivity contribution in [1.29, 1.82) is 5.26 Å². The normalized spacial score (nSPS) is 11.6. The van der Waals surface area contributed by atoms with Crippen LogP contribution in [0.15, 0.2) is 27.5 Å².